The molecule has 0 saturated heterocycles. The lowest BCUT2D eigenvalue weighted by atomic mass is 10.1. The molecule has 0 saturated carbocycles. The van der Waals surface area contributed by atoms with E-state index in [9.17, 15) is 4.79 Å². The molecule has 1 amide bonds. The van der Waals surface area contributed by atoms with Gasteiger partial charge in [0.2, 0.25) is 5.91 Å². The van der Waals surface area contributed by atoms with Gasteiger partial charge in [0.1, 0.15) is 6.07 Å². The number of nitrogens with zero attached hydrogens (tertiary/aromatic N) is 1. The lowest BCUT2D eigenvalue weighted by Crippen LogP contribution is -2.14. The van der Waals surface area contributed by atoms with Gasteiger partial charge in [-0.25, -0.2) is 0 Å². The van der Waals surface area contributed by atoms with E-state index in [0.29, 0.717) is 12.0 Å². The predicted molar refractivity (Wildman–Crippen MR) is 104 cm³/mol. The normalized spacial score (nSPS) is 10.0. The first kappa shape index (κ1) is 17.2. The Balaban J connectivity index is 1.63. The number of hydrogen-bond acceptors (Lipinski definition) is 3. The summed E-state index contributed by atoms with van der Waals surface area (Å²) in [6.45, 7) is 2.00. The van der Waals surface area contributed by atoms with E-state index in [4.69, 9.17) is 5.26 Å². The second kappa shape index (κ2) is 8.00. The molecule has 3 aromatic carbocycles. The molecule has 3 aromatic rings. The highest BCUT2D eigenvalue weighted by atomic mass is 16.1. The maximum atomic E-state index is 12.2. The standard InChI is InChI=1S/C22H19N3O/c1-16-6-2-3-7-17(16)14-22(26)25-20-12-10-19(11-13-20)24-21-9-5-4-8-18(21)15-23/h2-13,24H,14H2,1H3,(H,25,26). The van der Waals surface area contributed by atoms with Gasteiger partial charge in [0, 0.05) is 11.4 Å². The molecule has 4 heteroatoms. The second-order valence-electron chi connectivity index (χ2n) is 6.01. The number of carbonyl (C=O) groups excluding carboxylic acids is 1. The van der Waals surface area contributed by atoms with E-state index in [-0.39, 0.29) is 5.91 Å². The van der Waals surface area contributed by atoms with Gasteiger partial charge >= 0.3 is 0 Å². The van der Waals surface area contributed by atoms with Crippen LogP contribution in [0.2, 0.25) is 0 Å². The number of anilines is 3. The van der Waals surface area contributed by atoms with Gasteiger partial charge in [-0.1, -0.05) is 36.4 Å². The third-order valence-electron chi connectivity index (χ3n) is 4.11. The topological polar surface area (TPSA) is 64.9 Å². The van der Waals surface area contributed by atoms with E-state index in [1.807, 2.05) is 73.7 Å². The summed E-state index contributed by atoms with van der Waals surface area (Å²) in [6.07, 6.45) is 0.349. The molecule has 0 unspecified atom stereocenters. The SMILES string of the molecule is Cc1ccccc1CC(=O)Nc1ccc(Nc2ccccc2C#N)cc1. The highest BCUT2D eigenvalue weighted by Crippen LogP contribution is 2.22. The minimum Gasteiger partial charge on any atom is -0.354 e. The molecule has 0 aliphatic rings. The quantitative estimate of drug-likeness (QED) is 0.701. The number of hydrogen-bond donors (Lipinski definition) is 2. The first-order valence-electron chi connectivity index (χ1n) is 8.36. The second-order valence-corrected chi connectivity index (χ2v) is 6.01. The molecular formula is C22H19N3O. The van der Waals surface area contributed by atoms with Crippen molar-refractivity contribution in [2.24, 2.45) is 0 Å². The van der Waals surface area contributed by atoms with Crippen LogP contribution in [-0.2, 0) is 11.2 Å². The number of amides is 1. The lowest BCUT2D eigenvalue weighted by Gasteiger charge is -2.10. The van der Waals surface area contributed by atoms with Gasteiger partial charge in [0.05, 0.1) is 17.7 Å². The van der Waals surface area contributed by atoms with Crippen LogP contribution in [0.15, 0.2) is 72.8 Å². The largest absolute Gasteiger partial charge is 0.354 e. The van der Waals surface area contributed by atoms with Gasteiger partial charge in [-0.2, -0.15) is 5.26 Å². The van der Waals surface area contributed by atoms with E-state index in [0.717, 1.165) is 28.2 Å². The molecule has 3 rings (SSSR count). The van der Waals surface area contributed by atoms with Crippen molar-refractivity contribution < 1.29 is 4.79 Å². The lowest BCUT2D eigenvalue weighted by molar-refractivity contribution is -0.115. The van der Waals surface area contributed by atoms with Crippen molar-refractivity contribution >= 4 is 23.0 Å². The van der Waals surface area contributed by atoms with E-state index in [1.165, 1.54) is 0 Å². The Labute approximate surface area is 153 Å². The third kappa shape index (κ3) is 4.28. The molecule has 0 heterocycles. The number of nitriles is 1. The minimum atomic E-state index is -0.0464. The van der Waals surface area contributed by atoms with Gasteiger partial charge in [-0.15, -0.1) is 0 Å². The van der Waals surface area contributed by atoms with Gasteiger partial charge in [-0.05, 0) is 54.4 Å². The Hall–Kier alpha value is -3.58. The van der Waals surface area contributed by atoms with E-state index in [2.05, 4.69) is 16.7 Å². The van der Waals surface area contributed by atoms with Crippen molar-refractivity contribution in [1.29, 1.82) is 5.26 Å². The monoisotopic (exact) mass is 341 g/mol. The van der Waals surface area contributed by atoms with Crippen molar-refractivity contribution in [1.82, 2.24) is 0 Å². The van der Waals surface area contributed by atoms with Gasteiger partial charge in [0.15, 0.2) is 0 Å². The Morgan fingerprint density at radius 2 is 1.58 bits per heavy atom. The van der Waals surface area contributed by atoms with E-state index in [1.54, 1.807) is 6.07 Å². The van der Waals surface area contributed by atoms with E-state index < -0.39 is 0 Å². The van der Waals surface area contributed by atoms with Crippen LogP contribution in [0.5, 0.6) is 0 Å². The molecule has 0 aliphatic carbocycles. The molecule has 2 N–H and O–H groups in total. The summed E-state index contributed by atoms with van der Waals surface area (Å²) in [5, 5.41) is 15.3. The van der Waals surface area contributed by atoms with Crippen molar-refractivity contribution in [3.63, 3.8) is 0 Å². The smallest absolute Gasteiger partial charge is 0.228 e. The number of rotatable bonds is 5. The molecule has 26 heavy (non-hydrogen) atoms. The maximum Gasteiger partial charge on any atom is 0.228 e. The first-order valence-corrected chi connectivity index (χ1v) is 8.36. The number of nitrogens with one attached hydrogen (secondary N) is 2. The van der Waals surface area contributed by atoms with Crippen molar-refractivity contribution in [2.75, 3.05) is 10.6 Å². The predicted octanol–water partition coefficient (Wildman–Crippen LogP) is 4.79. The number of para-hydroxylation sites is 1. The third-order valence-corrected chi connectivity index (χ3v) is 4.11. The molecule has 0 bridgehead atoms. The number of aryl methyl sites for hydroxylation is 1. The summed E-state index contributed by atoms with van der Waals surface area (Å²) in [5.74, 6) is -0.0464. The Kier molecular flexibility index (Phi) is 5.31. The first-order chi connectivity index (χ1) is 12.7. The highest BCUT2D eigenvalue weighted by molar-refractivity contribution is 5.92. The Morgan fingerprint density at radius 1 is 0.923 bits per heavy atom. The number of benzene rings is 3. The molecule has 0 spiro atoms. The zero-order valence-electron chi connectivity index (χ0n) is 14.5. The fraction of sp³-hybridized carbons (Fsp3) is 0.0909. The summed E-state index contributed by atoms with van der Waals surface area (Å²) in [6, 6.07) is 24.8. The van der Waals surface area contributed by atoms with Crippen LogP contribution in [0.4, 0.5) is 17.1 Å². The van der Waals surface area contributed by atoms with Gasteiger partial charge < -0.3 is 10.6 Å². The van der Waals surface area contributed by atoms with Crippen LogP contribution in [0.3, 0.4) is 0 Å². The van der Waals surface area contributed by atoms with Crippen molar-refractivity contribution in [3.8, 4) is 6.07 Å². The van der Waals surface area contributed by atoms with Crippen LogP contribution >= 0.6 is 0 Å². The van der Waals surface area contributed by atoms with Crippen LogP contribution in [-0.4, -0.2) is 5.91 Å². The summed E-state index contributed by atoms with van der Waals surface area (Å²) >= 11 is 0. The molecule has 0 aliphatic heterocycles. The zero-order chi connectivity index (χ0) is 18.4. The average Bonchev–Trinajstić information content (AvgIpc) is 2.66. The Morgan fingerprint density at radius 3 is 2.31 bits per heavy atom. The fourth-order valence-corrected chi connectivity index (χ4v) is 2.67. The fourth-order valence-electron chi connectivity index (χ4n) is 2.67. The molecule has 0 atom stereocenters. The Bertz CT molecular complexity index is 956. The molecule has 128 valence electrons. The maximum absolute atomic E-state index is 12.2. The summed E-state index contributed by atoms with van der Waals surface area (Å²) in [5.41, 5.74) is 5.07. The van der Waals surface area contributed by atoms with E-state index >= 15 is 0 Å². The highest BCUT2D eigenvalue weighted by Gasteiger charge is 2.06. The molecular weight excluding hydrogens is 322 g/mol. The van der Waals surface area contributed by atoms with Crippen LogP contribution in [0.25, 0.3) is 0 Å². The minimum absolute atomic E-state index is 0.0464. The van der Waals surface area contributed by atoms with Crippen LogP contribution in [0, 0.1) is 18.3 Å². The number of carbonyl (C=O) groups is 1. The van der Waals surface area contributed by atoms with Gasteiger partial charge in [-0.3, -0.25) is 4.79 Å². The van der Waals surface area contributed by atoms with Crippen LogP contribution in [0.1, 0.15) is 16.7 Å². The van der Waals surface area contributed by atoms with Crippen molar-refractivity contribution in [3.05, 3.63) is 89.5 Å². The molecule has 0 radical (unpaired) electrons. The zero-order valence-corrected chi connectivity index (χ0v) is 14.5. The molecule has 0 aromatic heterocycles. The average molecular weight is 341 g/mol. The summed E-state index contributed by atoms with van der Waals surface area (Å²) < 4.78 is 0. The van der Waals surface area contributed by atoms with Crippen molar-refractivity contribution in [2.45, 2.75) is 13.3 Å². The molecule has 4 nitrogen and oxygen atoms in total. The summed E-state index contributed by atoms with van der Waals surface area (Å²) in [7, 11) is 0. The van der Waals surface area contributed by atoms with Crippen LogP contribution < -0.4 is 10.6 Å². The summed E-state index contributed by atoms with van der Waals surface area (Å²) in [4.78, 5) is 12.2. The molecule has 0 fully saturated rings. The van der Waals surface area contributed by atoms with Gasteiger partial charge in [0.25, 0.3) is 0 Å².